The Balaban J connectivity index is 3.61. The van der Waals surface area contributed by atoms with E-state index in [-0.39, 0.29) is 0 Å². The van der Waals surface area contributed by atoms with Crippen molar-refractivity contribution in [2.45, 2.75) is 33.6 Å². The Hall–Kier alpha value is -0.520. The van der Waals surface area contributed by atoms with E-state index in [1.165, 1.54) is 5.57 Å². The van der Waals surface area contributed by atoms with Crippen molar-refractivity contribution in [2.75, 3.05) is 6.61 Å². The van der Waals surface area contributed by atoms with Crippen LogP contribution >= 0.6 is 0 Å². The third-order valence-electron chi connectivity index (χ3n) is 1.53. The molecule has 0 aromatic heterocycles. The summed E-state index contributed by atoms with van der Waals surface area (Å²) in [6.45, 7) is 6.50. The lowest BCUT2D eigenvalue weighted by atomic mass is 10.0. The van der Waals surface area contributed by atoms with Gasteiger partial charge in [0.15, 0.2) is 0 Å². The van der Waals surface area contributed by atoms with Crippen molar-refractivity contribution in [3.63, 3.8) is 0 Å². The molecule has 0 aliphatic heterocycles. The van der Waals surface area contributed by atoms with E-state index < -0.39 is 0 Å². The summed E-state index contributed by atoms with van der Waals surface area (Å²) in [4.78, 5) is 0. The van der Waals surface area contributed by atoms with Gasteiger partial charge < -0.3 is 5.11 Å². The number of aliphatic hydroxyl groups excluding tert-OH is 1. The van der Waals surface area contributed by atoms with Gasteiger partial charge in [-0.1, -0.05) is 6.92 Å². The highest BCUT2D eigenvalue weighted by Gasteiger charge is 1.96. The molecular weight excluding hydrogens is 136 g/mol. The Morgan fingerprint density at radius 2 is 2.18 bits per heavy atom. The maximum atomic E-state index is 8.61. The fourth-order valence-electron chi connectivity index (χ4n) is 0.802. The Kier molecular flexibility index (Phi) is 5.91. The van der Waals surface area contributed by atoms with Gasteiger partial charge in [-0.3, -0.25) is 0 Å². The number of allylic oxidation sites excluding steroid dienone is 1. The molecule has 1 N–H and O–H groups in total. The molecule has 1 unspecified atom stereocenters. The standard InChI is InChI=1S/C10H18O/c1-9(2)5-4-6-10(3)7-8-11/h4,10-11H,6-8H2,1-3H3. The van der Waals surface area contributed by atoms with E-state index in [0.717, 1.165) is 12.8 Å². The van der Waals surface area contributed by atoms with Crippen LogP contribution in [0.1, 0.15) is 33.6 Å². The molecule has 1 heteroatoms. The maximum Gasteiger partial charge on any atom is 0.0433 e. The molecule has 0 aliphatic carbocycles. The molecule has 0 aromatic rings. The second kappa shape index (κ2) is 6.21. The molecule has 0 saturated carbocycles. The lowest BCUT2D eigenvalue weighted by Crippen LogP contribution is -1.95. The molecule has 0 amide bonds. The molecule has 0 fully saturated rings. The van der Waals surface area contributed by atoms with Gasteiger partial charge in [-0.15, -0.1) is 5.73 Å². The van der Waals surface area contributed by atoms with Crippen LogP contribution in [0.2, 0.25) is 0 Å². The third kappa shape index (κ3) is 7.38. The fraction of sp³-hybridized carbons (Fsp3) is 0.700. The molecule has 0 aliphatic rings. The van der Waals surface area contributed by atoms with Gasteiger partial charge in [0.05, 0.1) is 0 Å². The van der Waals surface area contributed by atoms with E-state index in [4.69, 9.17) is 5.11 Å². The molecule has 1 atom stereocenters. The van der Waals surface area contributed by atoms with Gasteiger partial charge in [0, 0.05) is 6.61 Å². The zero-order valence-electron chi connectivity index (χ0n) is 7.72. The van der Waals surface area contributed by atoms with Crippen molar-refractivity contribution in [1.82, 2.24) is 0 Å². The quantitative estimate of drug-likeness (QED) is 0.617. The minimum absolute atomic E-state index is 0.295. The van der Waals surface area contributed by atoms with Crippen molar-refractivity contribution in [2.24, 2.45) is 5.92 Å². The highest BCUT2D eigenvalue weighted by atomic mass is 16.2. The Labute approximate surface area is 69.4 Å². The highest BCUT2D eigenvalue weighted by Crippen LogP contribution is 2.06. The predicted octanol–water partition coefficient (Wildman–Crippen LogP) is 2.52. The number of hydrogen-bond donors (Lipinski definition) is 1. The van der Waals surface area contributed by atoms with Crippen LogP contribution in [0.5, 0.6) is 0 Å². The van der Waals surface area contributed by atoms with Gasteiger partial charge >= 0.3 is 0 Å². The lowest BCUT2D eigenvalue weighted by molar-refractivity contribution is 0.263. The first-order valence-corrected chi connectivity index (χ1v) is 4.16. The summed E-state index contributed by atoms with van der Waals surface area (Å²) in [7, 11) is 0. The highest BCUT2D eigenvalue weighted by molar-refractivity contribution is 4.94. The maximum absolute atomic E-state index is 8.61. The van der Waals surface area contributed by atoms with Crippen LogP contribution in [0.4, 0.5) is 0 Å². The summed E-state index contributed by atoms with van der Waals surface area (Å²) >= 11 is 0. The van der Waals surface area contributed by atoms with Crippen molar-refractivity contribution in [3.8, 4) is 0 Å². The van der Waals surface area contributed by atoms with Gasteiger partial charge in [0.1, 0.15) is 0 Å². The van der Waals surface area contributed by atoms with Crippen LogP contribution < -0.4 is 0 Å². The first-order valence-electron chi connectivity index (χ1n) is 4.16. The zero-order chi connectivity index (χ0) is 8.69. The molecule has 0 spiro atoms. The van der Waals surface area contributed by atoms with Gasteiger partial charge in [-0.25, -0.2) is 0 Å². The largest absolute Gasteiger partial charge is 0.396 e. The Bertz CT molecular complexity index is 148. The Morgan fingerprint density at radius 3 is 2.64 bits per heavy atom. The molecule has 1 nitrogen and oxygen atoms in total. The summed E-state index contributed by atoms with van der Waals surface area (Å²) in [6, 6.07) is 0. The van der Waals surface area contributed by atoms with E-state index in [1.807, 2.05) is 13.8 Å². The van der Waals surface area contributed by atoms with Crippen LogP contribution in [0.3, 0.4) is 0 Å². The molecule has 0 saturated heterocycles. The Morgan fingerprint density at radius 1 is 1.55 bits per heavy atom. The summed E-state index contributed by atoms with van der Waals surface area (Å²) in [5.74, 6) is 0.576. The topological polar surface area (TPSA) is 20.2 Å². The van der Waals surface area contributed by atoms with Crippen LogP contribution in [-0.4, -0.2) is 11.7 Å². The van der Waals surface area contributed by atoms with Gasteiger partial charge in [-0.2, -0.15) is 0 Å². The number of aliphatic hydroxyl groups is 1. The molecule has 64 valence electrons. The zero-order valence-corrected chi connectivity index (χ0v) is 7.72. The summed E-state index contributed by atoms with van der Waals surface area (Å²) in [5, 5.41) is 8.61. The predicted molar refractivity (Wildman–Crippen MR) is 48.4 cm³/mol. The molecular formula is C10H18O. The van der Waals surface area contributed by atoms with E-state index in [9.17, 15) is 0 Å². The van der Waals surface area contributed by atoms with Gasteiger partial charge in [-0.05, 0) is 44.3 Å². The lowest BCUT2D eigenvalue weighted by Gasteiger charge is -2.03. The SMILES string of the molecule is CC(C)=C=CCC(C)CCO. The smallest absolute Gasteiger partial charge is 0.0433 e. The number of rotatable bonds is 4. The summed E-state index contributed by atoms with van der Waals surface area (Å²) in [5.41, 5.74) is 4.35. The third-order valence-corrected chi connectivity index (χ3v) is 1.53. The average molecular weight is 154 g/mol. The normalized spacial score (nSPS) is 12.0. The van der Waals surface area contributed by atoms with Gasteiger partial charge in [0.25, 0.3) is 0 Å². The first-order chi connectivity index (χ1) is 5.16. The number of hydrogen-bond acceptors (Lipinski definition) is 1. The molecule has 0 aromatic carbocycles. The fourth-order valence-corrected chi connectivity index (χ4v) is 0.802. The van der Waals surface area contributed by atoms with Crippen LogP contribution in [0.15, 0.2) is 17.4 Å². The molecule has 0 rings (SSSR count). The monoisotopic (exact) mass is 154 g/mol. The van der Waals surface area contributed by atoms with E-state index in [1.54, 1.807) is 0 Å². The van der Waals surface area contributed by atoms with Crippen LogP contribution in [-0.2, 0) is 0 Å². The molecule has 11 heavy (non-hydrogen) atoms. The van der Waals surface area contributed by atoms with Crippen LogP contribution in [0.25, 0.3) is 0 Å². The van der Waals surface area contributed by atoms with Crippen molar-refractivity contribution in [3.05, 3.63) is 17.4 Å². The van der Waals surface area contributed by atoms with Crippen molar-refractivity contribution in [1.29, 1.82) is 0 Å². The second-order valence-corrected chi connectivity index (χ2v) is 3.20. The van der Waals surface area contributed by atoms with Crippen molar-refractivity contribution < 1.29 is 5.11 Å². The minimum Gasteiger partial charge on any atom is -0.396 e. The first kappa shape index (κ1) is 10.5. The summed E-state index contributed by atoms with van der Waals surface area (Å²) < 4.78 is 0. The molecule has 0 radical (unpaired) electrons. The minimum atomic E-state index is 0.295. The van der Waals surface area contributed by atoms with Crippen molar-refractivity contribution >= 4 is 0 Å². The summed E-state index contributed by atoms with van der Waals surface area (Å²) in [6.07, 6.45) is 3.96. The van der Waals surface area contributed by atoms with Crippen LogP contribution in [0, 0.1) is 5.92 Å². The molecule has 0 heterocycles. The molecule has 0 bridgehead atoms. The van der Waals surface area contributed by atoms with E-state index in [2.05, 4.69) is 18.7 Å². The van der Waals surface area contributed by atoms with Gasteiger partial charge in [0.2, 0.25) is 0 Å². The average Bonchev–Trinajstić information content (AvgIpc) is 1.87. The second-order valence-electron chi connectivity index (χ2n) is 3.20. The van der Waals surface area contributed by atoms with E-state index >= 15 is 0 Å². The van der Waals surface area contributed by atoms with E-state index in [0.29, 0.717) is 12.5 Å².